The van der Waals surface area contributed by atoms with Gasteiger partial charge in [0.25, 0.3) is 5.91 Å². The number of hydrogen-bond donors (Lipinski definition) is 1. The molecule has 1 N–H and O–H groups in total. The van der Waals surface area contributed by atoms with E-state index in [1.54, 1.807) is 31.4 Å². The van der Waals surface area contributed by atoms with Gasteiger partial charge in [0, 0.05) is 34.3 Å². The van der Waals surface area contributed by atoms with Crippen molar-refractivity contribution in [1.29, 1.82) is 0 Å². The molecule has 1 atom stereocenters. The molecule has 0 saturated carbocycles. The van der Waals surface area contributed by atoms with Crippen LogP contribution in [0.1, 0.15) is 16.2 Å². The lowest BCUT2D eigenvalue weighted by Crippen LogP contribution is -2.19. The summed E-state index contributed by atoms with van der Waals surface area (Å²) in [5.41, 5.74) is 3.06. The average molecular weight is 355 g/mol. The molecule has 128 valence electrons. The number of carbonyl (C=O) groups excluding carboxylic acids is 1. The highest BCUT2D eigenvalue weighted by Crippen LogP contribution is 2.24. The number of hydrogen-bond acceptors (Lipinski definition) is 4. The number of aryl methyl sites for hydroxylation is 1. The van der Waals surface area contributed by atoms with E-state index in [1.165, 1.54) is 0 Å². The zero-order chi connectivity index (χ0) is 17.4. The predicted octanol–water partition coefficient (Wildman–Crippen LogP) is 2.56. The van der Waals surface area contributed by atoms with E-state index in [1.807, 2.05) is 18.2 Å². The van der Waals surface area contributed by atoms with Crippen molar-refractivity contribution in [3.8, 4) is 5.75 Å². The Kier molecular flexibility index (Phi) is 4.01. The van der Waals surface area contributed by atoms with Crippen LogP contribution in [0.3, 0.4) is 0 Å². The van der Waals surface area contributed by atoms with Crippen molar-refractivity contribution in [2.45, 2.75) is 12.3 Å². The van der Waals surface area contributed by atoms with Gasteiger partial charge in [0.2, 0.25) is 0 Å². The van der Waals surface area contributed by atoms with Crippen LogP contribution in [0.2, 0.25) is 0 Å². The quantitative estimate of drug-likeness (QED) is 0.784. The molecule has 4 rings (SSSR count). The summed E-state index contributed by atoms with van der Waals surface area (Å²) in [4.78, 5) is 16.9. The van der Waals surface area contributed by atoms with Crippen LogP contribution in [-0.2, 0) is 23.1 Å². The summed E-state index contributed by atoms with van der Waals surface area (Å²) in [6, 6.07) is 12.6. The van der Waals surface area contributed by atoms with Crippen molar-refractivity contribution in [3.05, 3.63) is 53.9 Å². The van der Waals surface area contributed by atoms with E-state index < -0.39 is 10.8 Å². The molecule has 1 amide bonds. The number of nitrogens with one attached hydrogen (secondary N) is 1. The Morgan fingerprint density at radius 3 is 2.80 bits per heavy atom. The first-order valence-electron chi connectivity index (χ1n) is 7.93. The Hall–Kier alpha value is -2.67. The van der Waals surface area contributed by atoms with Crippen molar-refractivity contribution in [1.82, 2.24) is 9.55 Å². The first-order chi connectivity index (χ1) is 12.1. The van der Waals surface area contributed by atoms with Gasteiger partial charge >= 0.3 is 0 Å². The van der Waals surface area contributed by atoms with Crippen molar-refractivity contribution < 1.29 is 13.7 Å². The third-order valence-corrected chi connectivity index (χ3v) is 5.49. The fraction of sp³-hybridized carbons (Fsp3) is 0.222. The van der Waals surface area contributed by atoms with Crippen LogP contribution in [0.25, 0.3) is 11.0 Å². The van der Waals surface area contributed by atoms with Crippen LogP contribution in [0.5, 0.6) is 5.75 Å². The maximum absolute atomic E-state index is 12.4. The molecular weight excluding hydrogens is 338 g/mol. The lowest BCUT2D eigenvalue weighted by atomic mass is 10.2. The molecule has 1 aliphatic heterocycles. The molecule has 1 aromatic heterocycles. The van der Waals surface area contributed by atoms with E-state index >= 15 is 0 Å². The van der Waals surface area contributed by atoms with Crippen molar-refractivity contribution in [2.75, 3.05) is 18.2 Å². The molecule has 0 radical (unpaired) electrons. The van der Waals surface area contributed by atoms with Gasteiger partial charge in [0.1, 0.15) is 11.6 Å². The summed E-state index contributed by atoms with van der Waals surface area (Å²) >= 11 is 0. The molecule has 0 saturated heterocycles. The molecular formula is C18H17N3O3S. The molecule has 2 aromatic carbocycles. The van der Waals surface area contributed by atoms with Crippen LogP contribution >= 0.6 is 0 Å². The number of benzene rings is 2. The van der Waals surface area contributed by atoms with E-state index in [2.05, 4.69) is 14.9 Å². The van der Waals surface area contributed by atoms with E-state index in [9.17, 15) is 9.00 Å². The molecule has 0 bridgehead atoms. The number of amides is 1. The fourth-order valence-electron chi connectivity index (χ4n) is 2.97. The first kappa shape index (κ1) is 15.8. The summed E-state index contributed by atoms with van der Waals surface area (Å²) in [7, 11) is 0.754. The topological polar surface area (TPSA) is 73.2 Å². The van der Waals surface area contributed by atoms with Crippen LogP contribution < -0.4 is 10.1 Å². The number of rotatable bonds is 3. The Labute approximate surface area is 147 Å². The van der Waals surface area contributed by atoms with Crippen LogP contribution in [0.4, 0.5) is 5.69 Å². The minimum atomic E-state index is -0.834. The maximum Gasteiger partial charge on any atom is 0.255 e. The summed E-state index contributed by atoms with van der Waals surface area (Å²) in [5.74, 6) is 2.51. The maximum atomic E-state index is 12.4. The minimum Gasteiger partial charge on any atom is -0.497 e. The second kappa shape index (κ2) is 6.33. The minimum absolute atomic E-state index is 0.188. The number of ether oxygens (including phenoxy) is 1. The molecule has 1 aliphatic rings. The number of anilines is 1. The van der Waals surface area contributed by atoms with Crippen LogP contribution in [0.15, 0.2) is 42.5 Å². The molecule has 0 spiro atoms. The van der Waals surface area contributed by atoms with Gasteiger partial charge in [0.05, 0.1) is 23.9 Å². The molecule has 0 fully saturated rings. The van der Waals surface area contributed by atoms with Gasteiger partial charge in [-0.05, 0) is 42.5 Å². The fourth-order valence-corrected chi connectivity index (χ4v) is 4.01. The number of nitrogens with zero attached hydrogens (tertiary/aromatic N) is 2. The monoisotopic (exact) mass is 355 g/mol. The van der Waals surface area contributed by atoms with Crippen molar-refractivity contribution >= 4 is 33.4 Å². The predicted molar refractivity (Wildman–Crippen MR) is 97.4 cm³/mol. The summed E-state index contributed by atoms with van der Waals surface area (Å²) in [6.45, 7) is 0.718. The van der Waals surface area contributed by atoms with Gasteiger partial charge in [-0.2, -0.15) is 0 Å². The number of carbonyl (C=O) groups is 1. The van der Waals surface area contributed by atoms with Gasteiger partial charge in [-0.15, -0.1) is 0 Å². The van der Waals surface area contributed by atoms with Crippen LogP contribution in [0, 0.1) is 0 Å². The van der Waals surface area contributed by atoms with Crippen LogP contribution in [-0.4, -0.2) is 32.5 Å². The molecule has 1 unspecified atom stereocenters. The Morgan fingerprint density at radius 2 is 2.04 bits per heavy atom. The second-order valence-electron chi connectivity index (χ2n) is 5.85. The van der Waals surface area contributed by atoms with E-state index in [0.717, 1.165) is 23.4 Å². The zero-order valence-corrected chi connectivity index (χ0v) is 14.5. The number of fused-ring (bicyclic) bond motifs is 3. The van der Waals surface area contributed by atoms with Gasteiger partial charge in [0.15, 0.2) is 0 Å². The summed E-state index contributed by atoms with van der Waals surface area (Å²) in [5, 5.41) is 2.89. The number of aromatic nitrogens is 2. The first-order valence-corrected chi connectivity index (χ1v) is 9.42. The highest BCUT2D eigenvalue weighted by Gasteiger charge is 2.19. The smallest absolute Gasteiger partial charge is 0.255 e. The lowest BCUT2D eigenvalue weighted by Gasteiger charge is -2.13. The molecule has 3 aromatic rings. The van der Waals surface area contributed by atoms with Crippen molar-refractivity contribution in [3.63, 3.8) is 0 Å². The van der Waals surface area contributed by atoms with E-state index in [-0.39, 0.29) is 5.91 Å². The number of methoxy groups -OCH3 is 1. The Morgan fingerprint density at radius 1 is 1.24 bits per heavy atom. The van der Waals surface area contributed by atoms with Gasteiger partial charge < -0.3 is 14.6 Å². The lowest BCUT2D eigenvalue weighted by molar-refractivity contribution is 0.102. The van der Waals surface area contributed by atoms with Gasteiger partial charge in [-0.1, -0.05) is 0 Å². The standard InChI is InChI=1S/C18H17N3O3S/c1-24-14-5-2-12(3-6-14)18(22)19-13-4-7-16-15(10-13)20-17-11-25(23)9-8-21(16)17/h2-7,10H,8-9,11H2,1H3,(H,19,22). The Bertz CT molecular complexity index is 979. The normalized spacial score (nSPS) is 16.4. The molecule has 2 heterocycles. The molecule has 0 aliphatic carbocycles. The average Bonchev–Trinajstić information content (AvgIpc) is 2.98. The SMILES string of the molecule is COc1ccc(C(=O)Nc2ccc3c(c2)nc2n3CCS(=O)C2)cc1. The summed E-state index contributed by atoms with van der Waals surface area (Å²) in [6.07, 6.45) is 0. The van der Waals surface area contributed by atoms with Crippen molar-refractivity contribution in [2.24, 2.45) is 0 Å². The largest absolute Gasteiger partial charge is 0.497 e. The van der Waals surface area contributed by atoms with Gasteiger partial charge in [-0.25, -0.2) is 4.98 Å². The molecule has 7 heteroatoms. The Balaban J connectivity index is 1.59. The third-order valence-electron chi connectivity index (χ3n) is 4.27. The summed E-state index contributed by atoms with van der Waals surface area (Å²) < 4.78 is 18.9. The third kappa shape index (κ3) is 3.02. The highest BCUT2D eigenvalue weighted by atomic mass is 32.2. The zero-order valence-electron chi connectivity index (χ0n) is 13.7. The molecule has 25 heavy (non-hydrogen) atoms. The van der Waals surface area contributed by atoms with Gasteiger partial charge in [-0.3, -0.25) is 9.00 Å². The second-order valence-corrected chi connectivity index (χ2v) is 7.43. The highest BCUT2D eigenvalue weighted by molar-refractivity contribution is 7.84. The molecule has 6 nitrogen and oxygen atoms in total. The number of imidazole rings is 1. The van der Waals surface area contributed by atoms with E-state index in [0.29, 0.717) is 28.5 Å². The van der Waals surface area contributed by atoms with E-state index in [4.69, 9.17) is 4.74 Å².